The normalized spacial score (nSPS) is 16.2. The SMILES string of the molecule is CCOc1cc(-c2cnn3c2C(=O)N(c2ccc(Cl)c(Cl)c2)C[C@@H]3C)ccn1. The van der Waals surface area contributed by atoms with E-state index in [1.807, 2.05) is 26.0 Å². The fourth-order valence-electron chi connectivity index (χ4n) is 3.35. The molecule has 1 amide bonds. The van der Waals surface area contributed by atoms with Crippen LogP contribution in [-0.4, -0.2) is 33.8 Å². The summed E-state index contributed by atoms with van der Waals surface area (Å²) in [5.74, 6) is 0.372. The molecule has 28 heavy (non-hydrogen) atoms. The van der Waals surface area contributed by atoms with E-state index in [-0.39, 0.29) is 11.9 Å². The van der Waals surface area contributed by atoms with Crippen LogP contribution in [0.5, 0.6) is 5.88 Å². The van der Waals surface area contributed by atoms with Crippen LogP contribution >= 0.6 is 23.2 Å². The van der Waals surface area contributed by atoms with Gasteiger partial charge in [0, 0.05) is 30.1 Å². The van der Waals surface area contributed by atoms with Crippen LogP contribution < -0.4 is 9.64 Å². The van der Waals surface area contributed by atoms with Gasteiger partial charge in [0.25, 0.3) is 5.91 Å². The Balaban J connectivity index is 1.78. The summed E-state index contributed by atoms with van der Waals surface area (Å²) in [5, 5.41) is 5.32. The highest BCUT2D eigenvalue weighted by Gasteiger charge is 2.34. The highest BCUT2D eigenvalue weighted by Crippen LogP contribution is 2.35. The van der Waals surface area contributed by atoms with Crippen LogP contribution in [0, 0.1) is 0 Å². The molecule has 0 bridgehead atoms. The second-order valence-corrected chi connectivity index (χ2v) is 7.34. The Hall–Kier alpha value is -2.57. The van der Waals surface area contributed by atoms with E-state index in [0.717, 1.165) is 11.1 Å². The van der Waals surface area contributed by atoms with Crippen LogP contribution in [0.1, 0.15) is 30.4 Å². The zero-order valence-corrected chi connectivity index (χ0v) is 16.9. The third-order valence-corrected chi connectivity index (χ3v) is 5.40. The van der Waals surface area contributed by atoms with Gasteiger partial charge in [0.2, 0.25) is 5.88 Å². The van der Waals surface area contributed by atoms with Crippen LogP contribution in [0.4, 0.5) is 5.69 Å². The van der Waals surface area contributed by atoms with Gasteiger partial charge in [0.1, 0.15) is 5.69 Å². The summed E-state index contributed by atoms with van der Waals surface area (Å²) in [7, 11) is 0. The average molecular weight is 417 g/mol. The first kappa shape index (κ1) is 18.8. The van der Waals surface area contributed by atoms with Crippen molar-refractivity contribution in [2.75, 3.05) is 18.1 Å². The quantitative estimate of drug-likeness (QED) is 0.608. The van der Waals surface area contributed by atoms with E-state index < -0.39 is 0 Å². The van der Waals surface area contributed by atoms with Crippen molar-refractivity contribution in [3.8, 4) is 17.0 Å². The number of anilines is 1. The third kappa shape index (κ3) is 3.23. The molecule has 2 aromatic heterocycles. The lowest BCUT2D eigenvalue weighted by atomic mass is 10.0. The number of rotatable bonds is 4. The van der Waals surface area contributed by atoms with Crippen LogP contribution in [0.2, 0.25) is 10.0 Å². The number of fused-ring (bicyclic) bond motifs is 1. The van der Waals surface area contributed by atoms with Gasteiger partial charge < -0.3 is 9.64 Å². The van der Waals surface area contributed by atoms with Crippen molar-refractivity contribution in [1.29, 1.82) is 0 Å². The number of amides is 1. The third-order valence-electron chi connectivity index (χ3n) is 4.66. The van der Waals surface area contributed by atoms with Gasteiger partial charge in [-0.3, -0.25) is 9.48 Å². The van der Waals surface area contributed by atoms with Crippen LogP contribution in [0.15, 0.2) is 42.7 Å². The zero-order chi connectivity index (χ0) is 19.8. The summed E-state index contributed by atoms with van der Waals surface area (Å²) < 4.78 is 7.26. The average Bonchev–Trinajstić information content (AvgIpc) is 3.14. The number of hydrogen-bond acceptors (Lipinski definition) is 4. The molecular formula is C20H18Cl2N4O2. The summed E-state index contributed by atoms with van der Waals surface area (Å²) in [6, 6.07) is 8.86. The van der Waals surface area contributed by atoms with Crippen molar-refractivity contribution in [1.82, 2.24) is 14.8 Å². The predicted molar refractivity (Wildman–Crippen MR) is 109 cm³/mol. The van der Waals surface area contributed by atoms with Crippen molar-refractivity contribution >= 4 is 34.8 Å². The monoisotopic (exact) mass is 416 g/mol. The molecule has 0 saturated carbocycles. The van der Waals surface area contributed by atoms with E-state index in [1.165, 1.54) is 0 Å². The summed E-state index contributed by atoms with van der Waals surface area (Å²) >= 11 is 12.2. The van der Waals surface area contributed by atoms with Gasteiger partial charge >= 0.3 is 0 Å². The molecule has 0 spiro atoms. The van der Waals surface area contributed by atoms with Gasteiger partial charge in [0.15, 0.2) is 0 Å². The first-order chi connectivity index (χ1) is 13.5. The highest BCUT2D eigenvalue weighted by atomic mass is 35.5. The Morgan fingerprint density at radius 2 is 2.04 bits per heavy atom. The van der Waals surface area contributed by atoms with E-state index in [0.29, 0.717) is 40.5 Å². The molecule has 4 rings (SSSR count). The number of hydrogen-bond donors (Lipinski definition) is 0. The second kappa shape index (κ2) is 7.45. The number of carbonyl (C=O) groups is 1. The second-order valence-electron chi connectivity index (χ2n) is 6.53. The summed E-state index contributed by atoms with van der Waals surface area (Å²) in [5.41, 5.74) is 2.80. The Morgan fingerprint density at radius 1 is 1.21 bits per heavy atom. The molecule has 0 saturated heterocycles. The van der Waals surface area contributed by atoms with Gasteiger partial charge in [0.05, 0.1) is 28.9 Å². The maximum absolute atomic E-state index is 13.4. The number of benzene rings is 1. The lowest BCUT2D eigenvalue weighted by molar-refractivity contribution is 0.0954. The number of aromatic nitrogens is 3. The molecule has 3 heterocycles. The minimum absolute atomic E-state index is 0.00380. The molecule has 0 N–H and O–H groups in total. The molecule has 1 aliphatic rings. The lowest BCUT2D eigenvalue weighted by Gasteiger charge is -2.32. The van der Waals surface area contributed by atoms with Crippen LogP contribution in [0.3, 0.4) is 0 Å². The molecule has 1 atom stereocenters. The number of carbonyl (C=O) groups excluding carboxylic acids is 1. The summed E-state index contributed by atoms with van der Waals surface area (Å²) in [6.45, 7) is 4.93. The maximum Gasteiger partial charge on any atom is 0.277 e. The predicted octanol–water partition coefficient (Wildman–Crippen LogP) is 4.87. The molecule has 0 unspecified atom stereocenters. The lowest BCUT2D eigenvalue weighted by Crippen LogP contribution is -2.42. The number of ether oxygens (including phenoxy) is 1. The van der Waals surface area contributed by atoms with Crippen molar-refractivity contribution in [3.63, 3.8) is 0 Å². The topological polar surface area (TPSA) is 60.3 Å². The molecule has 8 heteroatoms. The first-order valence-electron chi connectivity index (χ1n) is 8.93. The molecule has 0 fully saturated rings. The Bertz CT molecular complexity index is 1050. The van der Waals surface area contributed by atoms with Gasteiger partial charge in [-0.25, -0.2) is 4.98 Å². The minimum atomic E-state index is -0.140. The molecule has 1 aromatic carbocycles. The fourth-order valence-corrected chi connectivity index (χ4v) is 3.64. The highest BCUT2D eigenvalue weighted by molar-refractivity contribution is 6.42. The van der Waals surface area contributed by atoms with Crippen molar-refractivity contribution in [2.24, 2.45) is 0 Å². The molecule has 0 aliphatic carbocycles. The van der Waals surface area contributed by atoms with Crippen LogP contribution in [-0.2, 0) is 0 Å². The smallest absolute Gasteiger partial charge is 0.277 e. The summed E-state index contributed by atoms with van der Waals surface area (Å²) in [4.78, 5) is 19.3. The number of nitrogens with zero attached hydrogens (tertiary/aromatic N) is 4. The first-order valence-corrected chi connectivity index (χ1v) is 9.68. The molecule has 144 valence electrons. The van der Waals surface area contributed by atoms with E-state index in [4.69, 9.17) is 27.9 Å². The molecule has 1 aliphatic heterocycles. The molecule has 6 nitrogen and oxygen atoms in total. The maximum atomic E-state index is 13.4. The van der Waals surface area contributed by atoms with Crippen molar-refractivity contribution in [2.45, 2.75) is 19.9 Å². The largest absolute Gasteiger partial charge is 0.478 e. The van der Waals surface area contributed by atoms with E-state index in [2.05, 4.69) is 10.1 Å². The number of pyridine rings is 1. The fraction of sp³-hybridized carbons (Fsp3) is 0.250. The van der Waals surface area contributed by atoms with Gasteiger partial charge in [-0.1, -0.05) is 23.2 Å². The van der Waals surface area contributed by atoms with E-state index in [1.54, 1.807) is 40.2 Å². The Morgan fingerprint density at radius 3 is 2.79 bits per heavy atom. The Labute approximate surface area is 172 Å². The summed E-state index contributed by atoms with van der Waals surface area (Å²) in [6.07, 6.45) is 3.38. The standard InChI is InChI=1S/C20H18Cl2N4O2/c1-3-28-18-8-13(6-7-23-18)15-10-24-26-12(2)11-25(20(27)19(15)26)14-4-5-16(21)17(22)9-14/h4-10,12H,3,11H2,1-2H3/t12-/m0/s1. The van der Waals surface area contributed by atoms with Crippen LogP contribution in [0.25, 0.3) is 11.1 Å². The van der Waals surface area contributed by atoms with Gasteiger partial charge in [-0.05, 0) is 43.7 Å². The van der Waals surface area contributed by atoms with Crippen molar-refractivity contribution < 1.29 is 9.53 Å². The van der Waals surface area contributed by atoms with Gasteiger partial charge in [-0.2, -0.15) is 5.10 Å². The molecule has 0 radical (unpaired) electrons. The zero-order valence-electron chi connectivity index (χ0n) is 15.4. The molecule has 3 aromatic rings. The minimum Gasteiger partial charge on any atom is -0.478 e. The molecular weight excluding hydrogens is 399 g/mol. The van der Waals surface area contributed by atoms with Crippen molar-refractivity contribution in [3.05, 3.63) is 58.5 Å². The van der Waals surface area contributed by atoms with Gasteiger partial charge in [-0.15, -0.1) is 0 Å². The van der Waals surface area contributed by atoms with E-state index in [9.17, 15) is 4.79 Å². The van der Waals surface area contributed by atoms with E-state index >= 15 is 0 Å². The Kier molecular flexibility index (Phi) is 5.00. The number of halogens is 2.